The minimum Gasteiger partial charge on any atom is -0.262 e. The van der Waals surface area contributed by atoms with E-state index in [1.54, 1.807) is 0 Å². The lowest BCUT2D eigenvalue weighted by Crippen LogP contribution is -2.18. The van der Waals surface area contributed by atoms with Crippen molar-refractivity contribution in [1.82, 2.24) is 0 Å². The molecule has 1 aromatic rings. The normalized spacial score (nSPS) is 14.9. The van der Waals surface area contributed by atoms with Crippen molar-refractivity contribution in [2.45, 2.75) is 31.8 Å². The minimum atomic E-state index is -4.94. The van der Waals surface area contributed by atoms with E-state index in [9.17, 15) is 34.8 Å². The molecule has 0 amide bonds. The van der Waals surface area contributed by atoms with Crippen molar-refractivity contribution in [3.63, 3.8) is 0 Å². The van der Waals surface area contributed by atoms with Crippen LogP contribution in [0.3, 0.4) is 0 Å². The van der Waals surface area contributed by atoms with Gasteiger partial charge in [-0.2, -0.15) is 34.8 Å². The van der Waals surface area contributed by atoms with E-state index < -0.39 is 45.3 Å². The molecule has 0 saturated heterocycles. The Labute approximate surface area is 123 Å². The van der Waals surface area contributed by atoms with Gasteiger partial charge in [-0.1, -0.05) is 6.92 Å². The van der Waals surface area contributed by atoms with E-state index in [0.29, 0.717) is 12.3 Å². The molecule has 1 rings (SSSR count). The largest absolute Gasteiger partial charge is 0.416 e. The third-order valence-corrected chi connectivity index (χ3v) is 3.27. The molecule has 0 heterocycles. The molecule has 22 heavy (non-hydrogen) atoms. The van der Waals surface area contributed by atoms with Gasteiger partial charge in [-0.25, -0.2) is 0 Å². The summed E-state index contributed by atoms with van der Waals surface area (Å²) in [5.74, 6) is 0. The van der Waals surface area contributed by atoms with E-state index >= 15 is 0 Å². The highest BCUT2D eigenvalue weighted by atomic mass is 32.2. The zero-order chi connectivity index (χ0) is 17.3. The Kier molecular flexibility index (Phi) is 5.18. The predicted octanol–water partition coefficient (Wildman–Crippen LogP) is 4.15. The van der Waals surface area contributed by atoms with Crippen LogP contribution in [-0.2, 0) is 26.7 Å². The zero-order valence-electron chi connectivity index (χ0n) is 11.4. The van der Waals surface area contributed by atoms with E-state index in [-0.39, 0.29) is 18.6 Å². The van der Waals surface area contributed by atoms with Crippen LogP contribution in [-0.4, -0.2) is 14.7 Å². The molecule has 0 spiro atoms. The first-order valence-electron chi connectivity index (χ1n) is 5.92. The van der Waals surface area contributed by atoms with Gasteiger partial charge >= 0.3 is 12.4 Å². The van der Waals surface area contributed by atoms with E-state index in [1.807, 2.05) is 0 Å². The van der Waals surface area contributed by atoms with Gasteiger partial charge in [0.15, 0.2) is 0 Å². The lowest BCUT2D eigenvalue weighted by atomic mass is 9.97. The van der Waals surface area contributed by atoms with Crippen LogP contribution >= 0.6 is 0 Å². The summed E-state index contributed by atoms with van der Waals surface area (Å²) >= 11 is 0. The Hall–Kier alpha value is -1.29. The Morgan fingerprint density at radius 1 is 1.09 bits per heavy atom. The molecule has 0 aromatic heterocycles. The second kappa shape index (κ2) is 6.07. The predicted molar refractivity (Wildman–Crippen MR) is 65.4 cm³/mol. The minimum absolute atomic E-state index is 0.253. The molecule has 0 aliphatic heterocycles. The molecular weight excluding hydrogens is 338 g/mol. The molecule has 0 aliphatic rings. The Morgan fingerprint density at radius 3 is 2.00 bits per heavy atom. The summed E-state index contributed by atoms with van der Waals surface area (Å²) < 4.78 is 103. The van der Waals surface area contributed by atoms with Crippen LogP contribution in [0.5, 0.6) is 0 Å². The van der Waals surface area contributed by atoms with Gasteiger partial charge < -0.3 is 0 Å². The lowest BCUT2D eigenvalue weighted by Gasteiger charge is -2.21. The van der Waals surface area contributed by atoms with Crippen molar-refractivity contribution >= 4 is 10.1 Å². The molecule has 0 N–H and O–H groups in total. The van der Waals surface area contributed by atoms with Gasteiger partial charge in [-0.15, -0.1) is 0 Å². The first-order valence-corrected chi connectivity index (χ1v) is 7.74. The monoisotopic (exact) mass is 350 g/mol. The smallest absolute Gasteiger partial charge is 0.262 e. The second-order valence-corrected chi connectivity index (χ2v) is 6.10. The van der Waals surface area contributed by atoms with Crippen LogP contribution in [0.2, 0.25) is 0 Å². The van der Waals surface area contributed by atoms with Crippen LogP contribution in [0, 0.1) is 0 Å². The van der Waals surface area contributed by atoms with Crippen molar-refractivity contribution < 1.29 is 38.9 Å². The lowest BCUT2D eigenvalue weighted by molar-refractivity contribution is -0.142. The number of benzene rings is 1. The molecule has 1 atom stereocenters. The summed E-state index contributed by atoms with van der Waals surface area (Å²) in [6.45, 7) is 1.30. The molecule has 0 fully saturated rings. The van der Waals surface area contributed by atoms with E-state index in [1.165, 1.54) is 6.92 Å². The summed E-state index contributed by atoms with van der Waals surface area (Å²) in [5.41, 5.74) is -3.54. The van der Waals surface area contributed by atoms with Gasteiger partial charge in [0, 0.05) is 0 Å². The van der Waals surface area contributed by atoms with E-state index in [2.05, 4.69) is 4.18 Å². The third kappa shape index (κ3) is 4.87. The fourth-order valence-electron chi connectivity index (χ4n) is 1.81. The van der Waals surface area contributed by atoms with Gasteiger partial charge in [-0.05, 0) is 30.2 Å². The highest BCUT2D eigenvalue weighted by molar-refractivity contribution is 7.86. The van der Waals surface area contributed by atoms with Gasteiger partial charge in [0.05, 0.1) is 17.4 Å². The highest BCUT2D eigenvalue weighted by Gasteiger charge is 2.39. The van der Waals surface area contributed by atoms with Crippen molar-refractivity contribution in [2.24, 2.45) is 0 Å². The Balaban J connectivity index is 3.51. The Morgan fingerprint density at radius 2 is 1.64 bits per heavy atom. The topological polar surface area (TPSA) is 43.4 Å². The number of hydrogen-bond donors (Lipinski definition) is 0. The molecule has 3 nitrogen and oxygen atoms in total. The summed E-state index contributed by atoms with van der Waals surface area (Å²) in [6.07, 6.45) is -11.1. The molecule has 126 valence electrons. The third-order valence-electron chi connectivity index (χ3n) is 2.69. The first-order chi connectivity index (χ1) is 9.75. The summed E-state index contributed by atoms with van der Waals surface area (Å²) in [6, 6.07) is 0.827. The number of hydrogen-bond acceptors (Lipinski definition) is 3. The SMILES string of the molecule is CC[C@H](OS(C)(=O)=O)c1cc(C(F)(F)F)ccc1C(F)(F)F. The standard InChI is InChI=1S/C12H12F6O3S/c1-3-10(21-22(2,19)20)8-6-7(11(13,14)15)4-5-9(8)12(16,17)18/h4-6,10H,3H2,1-2H3/t10-/m0/s1. The van der Waals surface area contributed by atoms with Gasteiger partial charge in [0.2, 0.25) is 0 Å². The van der Waals surface area contributed by atoms with E-state index in [0.717, 1.165) is 0 Å². The fraction of sp³-hybridized carbons (Fsp3) is 0.500. The second-order valence-electron chi connectivity index (χ2n) is 4.49. The average molecular weight is 350 g/mol. The van der Waals surface area contributed by atoms with Crippen LogP contribution in [0.15, 0.2) is 18.2 Å². The quantitative estimate of drug-likeness (QED) is 0.605. The first kappa shape index (κ1) is 18.8. The molecule has 0 aliphatic carbocycles. The van der Waals surface area contributed by atoms with Crippen molar-refractivity contribution in [1.29, 1.82) is 0 Å². The maximum Gasteiger partial charge on any atom is 0.416 e. The molecule has 1 aromatic carbocycles. The maximum atomic E-state index is 12.9. The van der Waals surface area contributed by atoms with Crippen LogP contribution in [0.4, 0.5) is 26.3 Å². The highest BCUT2D eigenvalue weighted by Crippen LogP contribution is 2.40. The molecule has 0 radical (unpaired) electrons. The maximum absolute atomic E-state index is 12.9. The molecule has 0 bridgehead atoms. The van der Waals surface area contributed by atoms with Crippen LogP contribution < -0.4 is 0 Å². The van der Waals surface area contributed by atoms with Crippen LogP contribution in [0.1, 0.15) is 36.1 Å². The van der Waals surface area contributed by atoms with Crippen LogP contribution in [0.25, 0.3) is 0 Å². The zero-order valence-corrected chi connectivity index (χ0v) is 12.2. The van der Waals surface area contributed by atoms with E-state index in [4.69, 9.17) is 0 Å². The van der Waals surface area contributed by atoms with Crippen molar-refractivity contribution in [2.75, 3.05) is 6.26 Å². The average Bonchev–Trinajstić information content (AvgIpc) is 2.32. The van der Waals surface area contributed by atoms with Gasteiger partial charge in [0.1, 0.15) is 6.10 Å². The molecule has 0 saturated carbocycles. The van der Waals surface area contributed by atoms with Crippen molar-refractivity contribution in [3.8, 4) is 0 Å². The summed E-state index contributed by atoms with van der Waals surface area (Å²) in [4.78, 5) is 0. The molecular formula is C12H12F6O3S. The van der Waals surface area contributed by atoms with Gasteiger partial charge in [-0.3, -0.25) is 4.18 Å². The molecule has 0 unspecified atom stereocenters. The number of halogens is 6. The summed E-state index contributed by atoms with van der Waals surface area (Å²) in [5, 5.41) is 0. The summed E-state index contributed by atoms with van der Waals surface area (Å²) in [7, 11) is -4.14. The van der Waals surface area contributed by atoms with Gasteiger partial charge in [0.25, 0.3) is 10.1 Å². The molecule has 10 heteroatoms. The number of rotatable bonds is 4. The Bertz CT molecular complexity index is 633. The fourth-order valence-corrected chi connectivity index (χ4v) is 2.48. The van der Waals surface area contributed by atoms with Crippen molar-refractivity contribution in [3.05, 3.63) is 34.9 Å². The number of alkyl halides is 6.